The molecule has 2 aromatic rings. The minimum atomic E-state index is 0.400. The second-order valence-electron chi connectivity index (χ2n) is 4.29. The molecule has 0 saturated carbocycles. The zero-order chi connectivity index (χ0) is 14.2. The van der Waals surface area contributed by atoms with Gasteiger partial charge in [-0.05, 0) is 12.1 Å². The Labute approximate surface area is 118 Å². The first-order valence-electron chi connectivity index (χ1n) is 6.63. The van der Waals surface area contributed by atoms with Crippen LogP contribution < -0.4 is 10.5 Å². The molecule has 5 heteroatoms. The molecule has 1 aromatic heterocycles. The number of pyridine rings is 1. The van der Waals surface area contributed by atoms with Crippen LogP contribution in [0, 0.1) is 0 Å². The summed E-state index contributed by atoms with van der Waals surface area (Å²) in [6.07, 6.45) is 1.77. The number of para-hydroxylation sites is 1. The van der Waals surface area contributed by atoms with E-state index in [1.165, 1.54) is 0 Å². The highest BCUT2D eigenvalue weighted by atomic mass is 16.5. The maximum absolute atomic E-state index is 5.84. The van der Waals surface area contributed by atoms with Crippen LogP contribution in [0.1, 0.15) is 5.56 Å². The van der Waals surface area contributed by atoms with Crippen LogP contribution in [0.25, 0.3) is 10.9 Å². The van der Waals surface area contributed by atoms with Crippen LogP contribution in [0.15, 0.2) is 30.5 Å². The Kier molecular flexibility index (Phi) is 5.73. The third-order valence-electron chi connectivity index (χ3n) is 2.93. The van der Waals surface area contributed by atoms with Crippen molar-refractivity contribution in [2.75, 3.05) is 33.5 Å². The minimum Gasteiger partial charge on any atom is -0.490 e. The summed E-state index contributed by atoms with van der Waals surface area (Å²) in [6.45, 7) is 2.55. The average molecular weight is 276 g/mol. The molecule has 0 bridgehead atoms. The summed E-state index contributed by atoms with van der Waals surface area (Å²) in [7, 11) is 1.65. The lowest BCUT2D eigenvalue weighted by atomic mass is 10.1. The highest BCUT2D eigenvalue weighted by Crippen LogP contribution is 2.27. The predicted octanol–water partition coefficient (Wildman–Crippen LogP) is 1.74. The summed E-state index contributed by atoms with van der Waals surface area (Å²) in [5, 5.41) is 0.979. The van der Waals surface area contributed by atoms with Gasteiger partial charge in [0.25, 0.3) is 0 Å². The molecular weight excluding hydrogens is 256 g/mol. The van der Waals surface area contributed by atoms with Crippen molar-refractivity contribution >= 4 is 10.9 Å². The van der Waals surface area contributed by atoms with Crippen molar-refractivity contribution in [1.29, 1.82) is 0 Å². The molecular formula is C15H20N2O3. The third kappa shape index (κ3) is 3.66. The molecule has 0 aliphatic heterocycles. The molecule has 0 aliphatic rings. The monoisotopic (exact) mass is 276 g/mol. The zero-order valence-corrected chi connectivity index (χ0v) is 11.7. The summed E-state index contributed by atoms with van der Waals surface area (Å²) in [4.78, 5) is 4.37. The first-order chi connectivity index (χ1) is 9.86. The molecule has 0 spiro atoms. The van der Waals surface area contributed by atoms with E-state index in [4.69, 9.17) is 19.9 Å². The SMILES string of the molecule is COCCOCCOc1c(CN)cnc2ccccc12. The second-order valence-corrected chi connectivity index (χ2v) is 4.29. The van der Waals surface area contributed by atoms with E-state index in [0.717, 1.165) is 22.2 Å². The van der Waals surface area contributed by atoms with Gasteiger partial charge in [0.05, 0.1) is 25.3 Å². The Balaban J connectivity index is 2.03. The lowest BCUT2D eigenvalue weighted by molar-refractivity contribution is 0.0545. The van der Waals surface area contributed by atoms with Gasteiger partial charge in [0, 0.05) is 30.8 Å². The fraction of sp³-hybridized carbons (Fsp3) is 0.400. The van der Waals surface area contributed by atoms with Crippen molar-refractivity contribution in [2.24, 2.45) is 5.73 Å². The van der Waals surface area contributed by atoms with Gasteiger partial charge in [0.2, 0.25) is 0 Å². The van der Waals surface area contributed by atoms with Crippen molar-refractivity contribution in [3.63, 3.8) is 0 Å². The standard InChI is InChI=1S/C15H20N2O3/c1-18-6-7-19-8-9-20-15-12(10-16)11-17-14-5-3-2-4-13(14)15/h2-5,11H,6-10,16H2,1H3. The Morgan fingerprint density at radius 1 is 1.10 bits per heavy atom. The molecule has 0 unspecified atom stereocenters. The van der Waals surface area contributed by atoms with E-state index in [9.17, 15) is 0 Å². The number of rotatable bonds is 8. The quantitative estimate of drug-likeness (QED) is 0.744. The van der Waals surface area contributed by atoms with E-state index in [1.54, 1.807) is 13.3 Å². The van der Waals surface area contributed by atoms with Gasteiger partial charge in [-0.2, -0.15) is 0 Å². The Morgan fingerprint density at radius 2 is 1.90 bits per heavy atom. The molecule has 0 fully saturated rings. The normalized spacial score (nSPS) is 10.9. The number of nitrogens with zero attached hydrogens (tertiary/aromatic N) is 1. The van der Waals surface area contributed by atoms with E-state index in [-0.39, 0.29) is 0 Å². The molecule has 0 saturated heterocycles. The number of benzene rings is 1. The first-order valence-corrected chi connectivity index (χ1v) is 6.63. The zero-order valence-electron chi connectivity index (χ0n) is 11.7. The predicted molar refractivity (Wildman–Crippen MR) is 77.8 cm³/mol. The van der Waals surface area contributed by atoms with Gasteiger partial charge in [-0.1, -0.05) is 12.1 Å². The maximum Gasteiger partial charge on any atom is 0.134 e. The van der Waals surface area contributed by atoms with Crippen molar-refractivity contribution in [1.82, 2.24) is 4.98 Å². The Hall–Kier alpha value is -1.69. The number of hydrogen-bond acceptors (Lipinski definition) is 5. The number of fused-ring (bicyclic) bond motifs is 1. The Bertz CT molecular complexity index is 546. The molecule has 0 amide bonds. The smallest absolute Gasteiger partial charge is 0.134 e. The van der Waals surface area contributed by atoms with Crippen molar-refractivity contribution in [3.8, 4) is 5.75 Å². The minimum absolute atomic E-state index is 0.400. The molecule has 2 rings (SSSR count). The first kappa shape index (κ1) is 14.7. The number of nitrogens with two attached hydrogens (primary N) is 1. The van der Waals surface area contributed by atoms with E-state index in [2.05, 4.69) is 4.98 Å². The largest absolute Gasteiger partial charge is 0.490 e. The molecule has 1 heterocycles. The maximum atomic E-state index is 5.84. The fourth-order valence-electron chi connectivity index (χ4n) is 1.92. The molecule has 0 aliphatic carbocycles. The molecule has 1 aromatic carbocycles. The molecule has 108 valence electrons. The summed E-state index contributed by atoms with van der Waals surface area (Å²) < 4.78 is 16.1. The molecule has 5 nitrogen and oxygen atoms in total. The fourth-order valence-corrected chi connectivity index (χ4v) is 1.92. The van der Waals surface area contributed by atoms with Crippen LogP contribution in [0.3, 0.4) is 0 Å². The van der Waals surface area contributed by atoms with E-state index in [0.29, 0.717) is 33.0 Å². The van der Waals surface area contributed by atoms with Crippen molar-refractivity contribution in [2.45, 2.75) is 6.54 Å². The molecule has 20 heavy (non-hydrogen) atoms. The number of hydrogen-bond donors (Lipinski definition) is 1. The number of aromatic nitrogens is 1. The highest BCUT2D eigenvalue weighted by Gasteiger charge is 2.08. The van der Waals surface area contributed by atoms with Gasteiger partial charge in [-0.15, -0.1) is 0 Å². The van der Waals surface area contributed by atoms with Gasteiger partial charge >= 0.3 is 0 Å². The average Bonchev–Trinajstić information content (AvgIpc) is 2.50. The van der Waals surface area contributed by atoms with Crippen molar-refractivity contribution < 1.29 is 14.2 Å². The summed E-state index contributed by atoms with van der Waals surface area (Å²) in [6, 6.07) is 7.86. The third-order valence-corrected chi connectivity index (χ3v) is 2.93. The summed E-state index contributed by atoms with van der Waals surface area (Å²) in [5.41, 5.74) is 7.55. The van der Waals surface area contributed by atoms with Crippen LogP contribution in [-0.4, -0.2) is 38.5 Å². The highest BCUT2D eigenvalue weighted by molar-refractivity contribution is 5.86. The van der Waals surface area contributed by atoms with Crippen LogP contribution >= 0.6 is 0 Å². The molecule has 0 atom stereocenters. The van der Waals surface area contributed by atoms with Crippen LogP contribution in [-0.2, 0) is 16.0 Å². The van der Waals surface area contributed by atoms with E-state index in [1.807, 2.05) is 24.3 Å². The second kappa shape index (κ2) is 7.79. The molecule has 0 radical (unpaired) electrons. The van der Waals surface area contributed by atoms with Crippen molar-refractivity contribution in [3.05, 3.63) is 36.0 Å². The van der Waals surface area contributed by atoms with Gasteiger partial charge in [0.1, 0.15) is 12.4 Å². The lowest BCUT2D eigenvalue weighted by Gasteiger charge is -2.13. The Morgan fingerprint density at radius 3 is 2.70 bits per heavy atom. The van der Waals surface area contributed by atoms with Gasteiger partial charge in [0.15, 0.2) is 0 Å². The topological polar surface area (TPSA) is 66.6 Å². The van der Waals surface area contributed by atoms with Crippen LogP contribution in [0.2, 0.25) is 0 Å². The molecule has 2 N–H and O–H groups in total. The van der Waals surface area contributed by atoms with E-state index < -0.39 is 0 Å². The van der Waals surface area contributed by atoms with Gasteiger partial charge in [-0.25, -0.2) is 0 Å². The van der Waals surface area contributed by atoms with Crippen LogP contribution in [0.4, 0.5) is 0 Å². The van der Waals surface area contributed by atoms with Crippen LogP contribution in [0.5, 0.6) is 5.75 Å². The van der Waals surface area contributed by atoms with Gasteiger partial charge < -0.3 is 19.9 Å². The summed E-state index contributed by atoms with van der Waals surface area (Å²) >= 11 is 0. The summed E-state index contributed by atoms with van der Waals surface area (Å²) in [5.74, 6) is 0.799. The lowest BCUT2D eigenvalue weighted by Crippen LogP contribution is -2.12. The van der Waals surface area contributed by atoms with Gasteiger partial charge in [-0.3, -0.25) is 4.98 Å². The number of ether oxygens (including phenoxy) is 3. The number of methoxy groups -OCH3 is 1. The van der Waals surface area contributed by atoms with E-state index >= 15 is 0 Å².